The van der Waals surface area contributed by atoms with Crippen molar-refractivity contribution in [3.63, 3.8) is 0 Å². The fraction of sp³-hybridized carbons (Fsp3) is 0.786. The van der Waals surface area contributed by atoms with Gasteiger partial charge in [-0.05, 0) is 12.3 Å². The summed E-state index contributed by atoms with van der Waals surface area (Å²) in [7, 11) is 1.70. The number of nitriles is 1. The molecule has 5 heteroatoms. The molecule has 1 aliphatic heterocycles. The van der Waals surface area contributed by atoms with E-state index in [0.717, 1.165) is 19.4 Å². The van der Waals surface area contributed by atoms with Crippen molar-refractivity contribution in [3.8, 4) is 6.07 Å². The molecule has 0 aromatic rings. The first-order valence-electron chi connectivity index (χ1n) is 6.97. The number of likely N-dealkylation sites (tertiary alicyclic amines) is 1. The minimum Gasteiger partial charge on any atom is -0.345 e. The molecule has 0 N–H and O–H groups in total. The van der Waals surface area contributed by atoms with Crippen LogP contribution in [0, 0.1) is 17.2 Å². The van der Waals surface area contributed by atoms with Gasteiger partial charge in [-0.3, -0.25) is 9.59 Å². The SMILES string of the molecule is CCCC1CC(=O)N(CCC(=O)N(C)CCC#N)C1. The molecule has 2 amide bonds. The number of hydrogen-bond acceptors (Lipinski definition) is 3. The van der Waals surface area contributed by atoms with Gasteiger partial charge in [0.15, 0.2) is 0 Å². The molecule has 1 unspecified atom stereocenters. The van der Waals surface area contributed by atoms with Gasteiger partial charge in [0.1, 0.15) is 0 Å². The first-order chi connectivity index (χ1) is 9.08. The van der Waals surface area contributed by atoms with Crippen molar-refractivity contribution >= 4 is 11.8 Å². The number of hydrogen-bond donors (Lipinski definition) is 0. The smallest absolute Gasteiger partial charge is 0.224 e. The van der Waals surface area contributed by atoms with Crippen LogP contribution in [0.4, 0.5) is 0 Å². The van der Waals surface area contributed by atoms with Crippen LogP contribution in [0.3, 0.4) is 0 Å². The maximum absolute atomic E-state index is 11.8. The summed E-state index contributed by atoms with van der Waals surface area (Å²) in [6.45, 7) is 3.89. The number of nitrogens with zero attached hydrogens (tertiary/aromatic N) is 3. The second-order valence-corrected chi connectivity index (χ2v) is 5.17. The molecule has 0 radical (unpaired) electrons. The highest BCUT2D eigenvalue weighted by Crippen LogP contribution is 2.22. The number of rotatable bonds is 7. The van der Waals surface area contributed by atoms with Crippen LogP contribution in [0.25, 0.3) is 0 Å². The van der Waals surface area contributed by atoms with Crippen LogP contribution in [-0.2, 0) is 9.59 Å². The Hall–Kier alpha value is -1.57. The van der Waals surface area contributed by atoms with Crippen LogP contribution >= 0.6 is 0 Å². The summed E-state index contributed by atoms with van der Waals surface area (Å²) in [6, 6.07) is 2.02. The highest BCUT2D eigenvalue weighted by atomic mass is 16.2. The minimum absolute atomic E-state index is 0.00184. The van der Waals surface area contributed by atoms with Crippen molar-refractivity contribution < 1.29 is 9.59 Å². The fourth-order valence-electron chi connectivity index (χ4n) is 2.44. The Morgan fingerprint density at radius 1 is 1.58 bits per heavy atom. The standard InChI is InChI=1S/C14H23N3O2/c1-3-5-12-10-14(19)17(11-12)9-6-13(18)16(2)8-4-7-15/h12H,3-6,8-11H2,1-2H3. The molecule has 19 heavy (non-hydrogen) atoms. The van der Waals surface area contributed by atoms with Crippen LogP contribution in [0.1, 0.15) is 39.0 Å². The first kappa shape index (κ1) is 15.5. The van der Waals surface area contributed by atoms with Gasteiger partial charge in [0.25, 0.3) is 0 Å². The van der Waals surface area contributed by atoms with Crippen molar-refractivity contribution in [3.05, 3.63) is 0 Å². The molecule has 0 aromatic carbocycles. The fourth-order valence-corrected chi connectivity index (χ4v) is 2.44. The average molecular weight is 265 g/mol. The Morgan fingerprint density at radius 2 is 2.32 bits per heavy atom. The van der Waals surface area contributed by atoms with Crippen molar-refractivity contribution in [2.24, 2.45) is 5.92 Å². The van der Waals surface area contributed by atoms with Crippen LogP contribution in [0.5, 0.6) is 0 Å². The van der Waals surface area contributed by atoms with Crippen LogP contribution < -0.4 is 0 Å². The van der Waals surface area contributed by atoms with E-state index >= 15 is 0 Å². The third kappa shape index (κ3) is 4.90. The summed E-state index contributed by atoms with van der Waals surface area (Å²) in [6.07, 6.45) is 3.52. The van der Waals surface area contributed by atoms with Crippen molar-refractivity contribution in [2.45, 2.75) is 39.0 Å². The lowest BCUT2D eigenvalue weighted by Crippen LogP contribution is -2.33. The largest absolute Gasteiger partial charge is 0.345 e. The zero-order valence-electron chi connectivity index (χ0n) is 11.9. The molecule has 0 aromatic heterocycles. The molecule has 1 heterocycles. The van der Waals surface area contributed by atoms with E-state index in [2.05, 4.69) is 6.92 Å². The predicted octanol–water partition coefficient (Wildman–Crippen LogP) is 1.40. The Morgan fingerprint density at radius 3 is 2.95 bits per heavy atom. The summed E-state index contributed by atoms with van der Waals surface area (Å²) >= 11 is 0. The van der Waals surface area contributed by atoms with Crippen molar-refractivity contribution in [2.75, 3.05) is 26.7 Å². The van der Waals surface area contributed by atoms with Crippen molar-refractivity contribution in [1.82, 2.24) is 9.80 Å². The molecular weight excluding hydrogens is 242 g/mol. The number of carbonyl (C=O) groups excluding carboxylic acids is 2. The summed E-state index contributed by atoms with van der Waals surface area (Å²) < 4.78 is 0. The molecule has 1 rings (SSSR count). The molecule has 0 bridgehead atoms. The Balaban J connectivity index is 2.30. The zero-order valence-corrected chi connectivity index (χ0v) is 11.9. The second-order valence-electron chi connectivity index (χ2n) is 5.17. The summed E-state index contributed by atoms with van der Waals surface area (Å²) in [5.74, 6) is 0.636. The van der Waals surface area contributed by atoms with Gasteiger partial charge in [-0.1, -0.05) is 13.3 Å². The summed E-state index contributed by atoms with van der Waals surface area (Å²) in [5, 5.41) is 8.47. The van der Waals surface area contributed by atoms with Crippen LogP contribution in [-0.4, -0.2) is 48.3 Å². The van der Waals surface area contributed by atoms with Gasteiger partial charge in [0.05, 0.1) is 12.5 Å². The highest BCUT2D eigenvalue weighted by Gasteiger charge is 2.28. The van der Waals surface area contributed by atoms with Gasteiger partial charge in [0.2, 0.25) is 11.8 Å². The third-order valence-corrected chi connectivity index (χ3v) is 3.57. The quantitative estimate of drug-likeness (QED) is 0.699. The molecule has 106 valence electrons. The lowest BCUT2D eigenvalue weighted by molar-refractivity contribution is -0.131. The summed E-state index contributed by atoms with van der Waals surface area (Å²) in [4.78, 5) is 26.9. The van der Waals surface area contributed by atoms with E-state index < -0.39 is 0 Å². The first-order valence-corrected chi connectivity index (χ1v) is 6.97. The van der Waals surface area contributed by atoms with E-state index in [0.29, 0.717) is 38.3 Å². The van der Waals surface area contributed by atoms with Crippen molar-refractivity contribution in [1.29, 1.82) is 5.26 Å². The molecule has 0 saturated carbocycles. The average Bonchev–Trinajstić information content (AvgIpc) is 2.73. The lowest BCUT2D eigenvalue weighted by Gasteiger charge is -2.19. The molecular formula is C14H23N3O2. The molecule has 1 atom stereocenters. The lowest BCUT2D eigenvalue weighted by atomic mass is 10.0. The Labute approximate surface area is 115 Å². The topological polar surface area (TPSA) is 64.4 Å². The number of carbonyl (C=O) groups is 2. The van der Waals surface area contributed by atoms with Gasteiger partial charge >= 0.3 is 0 Å². The van der Waals surface area contributed by atoms with E-state index in [1.807, 2.05) is 6.07 Å². The molecule has 1 saturated heterocycles. The Bertz CT molecular complexity index is 362. The highest BCUT2D eigenvalue weighted by molar-refractivity contribution is 5.80. The second kappa shape index (κ2) is 7.78. The number of amides is 2. The molecule has 1 fully saturated rings. The maximum Gasteiger partial charge on any atom is 0.224 e. The van der Waals surface area contributed by atoms with Gasteiger partial charge in [0, 0.05) is 39.5 Å². The maximum atomic E-state index is 11.8. The molecule has 1 aliphatic rings. The summed E-state index contributed by atoms with van der Waals surface area (Å²) in [5.41, 5.74) is 0. The third-order valence-electron chi connectivity index (χ3n) is 3.57. The predicted molar refractivity (Wildman–Crippen MR) is 72.1 cm³/mol. The van der Waals surface area contributed by atoms with E-state index in [9.17, 15) is 9.59 Å². The van der Waals surface area contributed by atoms with E-state index in [4.69, 9.17) is 5.26 Å². The van der Waals surface area contributed by atoms with Crippen LogP contribution in [0.2, 0.25) is 0 Å². The molecule has 0 spiro atoms. The normalized spacial score (nSPS) is 18.5. The van der Waals surface area contributed by atoms with Crippen LogP contribution in [0.15, 0.2) is 0 Å². The monoisotopic (exact) mass is 265 g/mol. The molecule has 5 nitrogen and oxygen atoms in total. The zero-order chi connectivity index (χ0) is 14.3. The van der Waals surface area contributed by atoms with Gasteiger partial charge in [-0.2, -0.15) is 5.26 Å². The van der Waals surface area contributed by atoms with E-state index in [-0.39, 0.29) is 11.8 Å². The van der Waals surface area contributed by atoms with E-state index in [1.54, 1.807) is 16.8 Å². The van der Waals surface area contributed by atoms with Gasteiger partial charge in [-0.15, -0.1) is 0 Å². The molecule has 0 aliphatic carbocycles. The van der Waals surface area contributed by atoms with Gasteiger partial charge in [-0.25, -0.2) is 0 Å². The van der Waals surface area contributed by atoms with Gasteiger partial charge < -0.3 is 9.80 Å². The van der Waals surface area contributed by atoms with E-state index in [1.165, 1.54) is 0 Å². The minimum atomic E-state index is 0.00184. The Kier molecular flexibility index (Phi) is 6.34.